The number of rotatable bonds is 4. The highest BCUT2D eigenvalue weighted by Gasteiger charge is 2.13. The molecule has 0 fully saturated rings. The minimum atomic E-state index is 0.408. The van der Waals surface area contributed by atoms with Gasteiger partial charge in [0.1, 0.15) is 0 Å². The largest absolute Gasteiger partial charge is 0.308 e. The fourth-order valence-corrected chi connectivity index (χ4v) is 1.67. The Hall–Kier alpha value is -2.48. The van der Waals surface area contributed by atoms with Crippen LogP contribution in [0.2, 0.25) is 0 Å². The maximum Gasteiger partial charge on any atom is 0.250 e. The molecule has 5 heteroatoms. The molecule has 1 heterocycles. The number of para-hydroxylation sites is 1. The fraction of sp³-hybridized carbons (Fsp3) is 0.286. The summed E-state index contributed by atoms with van der Waals surface area (Å²) in [6.07, 6.45) is 0.408. The highest BCUT2D eigenvalue weighted by molar-refractivity contribution is 5.56. The second-order valence-corrected chi connectivity index (χ2v) is 4.18. The van der Waals surface area contributed by atoms with Crippen molar-refractivity contribution in [3.05, 3.63) is 41.7 Å². The molecule has 0 radical (unpaired) electrons. The number of hydrogen-bond acceptors (Lipinski definition) is 5. The fourth-order valence-electron chi connectivity index (χ4n) is 1.67. The molecule has 0 amide bonds. The van der Waals surface area contributed by atoms with Gasteiger partial charge in [0.15, 0.2) is 0 Å². The molecule has 1 aromatic heterocycles. The maximum absolute atomic E-state index is 8.77. The van der Waals surface area contributed by atoms with Crippen LogP contribution in [0.1, 0.15) is 17.8 Å². The van der Waals surface area contributed by atoms with Crippen LogP contribution in [0.25, 0.3) is 0 Å². The summed E-state index contributed by atoms with van der Waals surface area (Å²) >= 11 is 0. The summed E-state index contributed by atoms with van der Waals surface area (Å²) in [6, 6.07) is 11.9. The Morgan fingerprint density at radius 3 is 2.47 bits per heavy atom. The first-order valence-electron chi connectivity index (χ1n) is 6.10. The topological polar surface area (TPSA) is 65.7 Å². The van der Waals surface area contributed by atoms with Crippen molar-refractivity contribution in [1.82, 2.24) is 15.2 Å². The van der Waals surface area contributed by atoms with Gasteiger partial charge in [0.25, 0.3) is 0 Å². The monoisotopic (exact) mass is 253 g/mol. The lowest BCUT2D eigenvalue weighted by molar-refractivity contribution is 0.827. The SMILES string of the molecule is Cc1nnc(N(CCC#N)c2ccccc2)nc1C. The smallest absolute Gasteiger partial charge is 0.250 e. The third-order valence-electron chi connectivity index (χ3n) is 2.84. The van der Waals surface area contributed by atoms with E-state index < -0.39 is 0 Å². The molecule has 0 saturated carbocycles. The zero-order valence-electron chi connectivity index (χ0n) is 11.0. The summed E-state index contributed by atoms with van der Waals surface area (Å²) in [4.78, 5) is 6.35. The quantitative estimate of drug-likeness (QED) is 0.837. The first kappa shape index (κ1) is 13.0. The average molecular weight is 253 g/mol. The first-order chi connectivity index (χ1) is 9.22. The van der Waals surface area contributed by atoms with Crippen molar-refractivity contribution < 1.29 is 0 Å². The van der Waals surface area contributed by atoms with Crippen molar-refractivity contribution in [3.63, 3.8) is 0 Å². The standard InChI is InChI=1S/C14H15N5/c1-11-12(2)17-18-14(16-11)19(10-6-9-15)13-7-4-3-5-8-13/h3-5,7-8H,6,10H2,1-2H3. The molecule has 0 saturated heterocycles. The number of anilines is 2. The molecule has 5 nitrogen and oxygen atoms in total. The lowest BCUT2D eigenvalue weighted by atomic mass is 10.3. The van der Waals surface area contributed by atoms with Gasteiger partial charge in [-0.25, -0.2) is 4.98 Å². The molecule has 0 aliphatic heterocycles. The Morgan fingerprint density at radius 1 is 1.11 bits per heavy atom. The van der Waals surface area contributed by atoms with Crippen LogP contribution in [0.5, 0.6) is 0 Å². The molecule has 19 heavy (non-hydrogen) atoms. The predicted molar refractivity (Wildman–Crippen MR) is 73.0 cm³/mol. The average Bonchev–Trinajstić information content (AvgIpc) is 2.44. The summed E-state index contributed by atoms with van der Waals surface area (Å²) in [5.74, 6) is 0.532. The van der Waals surface area contributed by atoms with E-state index in [9.17, 15) is 0 Å². The molecule has 0 N–H and O–H groups in total. The van der Waals surface area contributed by atoms with Gasteiger partial charge in [-0.15, -0.1) is 5.10 Å². The molecule has 0 unspecified atom stereocenters. The number of benzene rings is 1. The summed E-state index contributed by atoms with van der Waals surface area (Å²) in [6.45, 7) is 4.33. The van der Waals surface area contributed by atoms with Gasteiger partial charge in [-0.1, -0.05) is 18.2 Å². The lowest BCUT2D eigenvalue weighted by Gasteiger charge is -2.21. The van der Waals surface area contributed by atoms with E-state index in [1.165, 1.54) is 0 Å². The van der Waals surface area contributed by atoms with Crippen molar-refractivity contribution >= 4 is 11.6 Å². The van der Waals surface area contributed by atoms with Gasteiger partial charge in [-0.05, 0) is 26.0 Å². The second kappa shape index (κ2) is 5.91. The molecule has 0 aliphatic rings. The Morgan fingerprint density at radius 2 is 1.84 bits per heavy atom. The van der Waals surface area contributed by atoms with Crippen LogP contribution in [0.15, 0.2) is 30.3 Å². The van der Waals surface area contributed by atoms with E-state index in [2.05, 4.69) is 21.3 Å². The van der Waals surface area contributed by atoms with Crippen LogP contribution < -0.4 is 4.90 Å². The van der Waals surface area contributed by atoms with Crippen molar-refractivity contribution in [2.45, 2.75) is 20.3 Å². The van der Waals surface area contributed by atoms with Crippen LogP contribution >= 0.6 is 0 Å². The van der Waals surface area contributed by atoms with E-state index in [0.29, 0.717) is 18.9 Å². The first-order valence-corrected chi connectivity index (χ1v) is 6.10. The third-order valence-corrected chi connectivity index (χ3v) is 2.84. The van der Waals surface area contributed by atoms with E-state index in [-0.39, 0.29) is 0 Å². The zero-order chi connectivity index (χ0) is 13.7. The Labute approximate surface area is 112 Å². The Bertz CT molecular complexity index is 589. The molecular weight excluding hydrogens is 238 g/mol. The molecule has 96 valence electrons. The van der Waals surface area contributed by atoms with E-state index in [1.54, 1.807) is 0 Å². The summed E-state index contributed by atoms with van der Waals surface area (Å²) in [5, 5.41) is 17.0. The second-order valence-electron chi connectivity index (χ2n) is 4.18. The molecule has 0 atom stereocenters. The van der Waals surface area contributed by atoms with Gasteiger partial charge in [-0.3, -0.25) is 0 Å². The summed E-state index contributed by atoms with van der Waals surface area (Å²) < 4.78 is 0. The normalized spacial score (nSPS) is 9.95. The van der Waals surface area contributed by atoms with Crippen LogP contribution in [0, 0.1) is 25.2 Å². The van der Waals surface area contributed by atoms with Gasteiger partial charge in [0, 0.05) is 12.2 Å². The molecule has 1 aromatic carbocycles. The molecule has 0 spiro atoms. The van der Waals surface area contributed by atoms with Crippen molar-refractivity contribution in [3.8, 4) is 6.07 Å². The minimum Gasteiger partial charge on any atom is -0.308 e. The minimum absolute atomic E-state index is 0.408. The van der Waals surface area contributed by atoms with E-state index in [4.69, 9.17) is 5.26 Å². The number of nitriles is 1. The molecule has 0 aliphatic carbocycles. The molecular formula is C14H15N5. The Balaban J connectivity index is 2.37. The Kier molecular flexibility index (Phi) is 4.04. The van der Waals surface area contributed by atoms with Crippen LogP contribution in [0.3, 0.4) is 0 Å². The molecule has 0 bridgehead atoms. The number of aryl methyl sites for hydroxylation is 2. The van der Waals surface area contributed by atoms with Crippen molar-refractivity contribution in [2.75, 3.05) is 11.4 Å². The zero-order valence-corrected chi connectivity index (χ0v) is 11.0. The number of hydrogen-bond donors (Lipinski definition) is 0. The third kappa shape index (κ3) is 3.05. The maximum atomic E-state index is 8.77. The van der Waals surface area contributed by atoms with E-state index in [1.807, 2.05) is 49.1 Å². The van der Waals surface area contributed by atoms with Crippen molar-refractivity contribution in [1.29, 1.82) is 5.26 Å². The van der Waals surface area contributed by atoms with Gasteiger partial charge >= 0.3 is 0 Å². The van der Waals surface area contributed by atoms with Crippen LogP contribution in [-0.4, -0.2) is 21.7 Å². The van der Waals surface area contributed by atoms with Gasteiger partial charge in [0.05, 0.1) is 23.9 Å². The van der Waals surface area contributed by atoms with Crippen molar-refractivity contribution in [2.24, 2.45) is 0 Å². The van der Waals surface area contributed by atoms with Gasteiger partial charge in [0.2, 0.25) is 5.95 Å². The van der Waals surface area contributed by atoms with E-state index in [0.717, 1.165) is 17.1 Å². The van der Waals surface area contributed by atoms with E-state index >= 15 is 0 Å². The highest BCUT2D eigenvalue weighted by Crippen LogP contribution is 2.21. The van der Waals surface area contributed by atoms with Gasteiger partial charge < -0.3 is 4.90 Å². The predicted octanol–water partition coefficient (Wildman–Crippen LogP) is 2.54. The summed E-state index contributed by atoms with van der Waals surface area (Å²) in [5.41, 5.74) is 2.63. The molecule has 2 rings (SSSR count). The summed E-state index contributed by atoms with van der Waals surface area (Å²) in [7, 11) is 0. The number of aromatic nitrogens is 3. The highest BCUT2D eigenvalue weighted by atomic mass is 15.3. The van der Waals surface area contributed by atoms with Gasteiger partial charge in [-0.2, -0.15) is 10.4 Å². The molecule has 2 aromatic rings. The van der Waals surface area contributed by atoms with Crippen LogP contribution in [0.4, 0.5) is 11.6 Å². The number of nitrogens with zero attached hydrogens (tertiary/aromatic N) is 5. The van der Waals surface area contributed by atoms with Crippen LogP contribution in [-0.2, 0) is 0 Å². The lowest BCUT2D eigenvalue weighted by Crippen LogP contribution is -2.21.